The lowest BCUT2D eigenvalue weighted by atomic mass is 10.0. The highest BCUT2D eigenvalue weighted by Crippen LogP contribution is 2.31. The Bertz CT molecular complexity index is 834. The number of carbonyl (C=O) groups is 1. The number of ether oxygens (including phenoxy) is 1. The molecule has 1 aliphatic rings. The van der Waals surface area contributed by atoms with E-state index in [1.807, 2.05) is 6.07 Å². The largest absolute Gasteiger partial charge is 0.416 e. The van der Waals surface area contributed by atoms with Gasteiger partial charge in [-0.3, -0.25) is 4.79 Å². The molecule has 0 aromatic heterocycles. The Morgan fingerprint density at radius 1 is 1.15 bits per heavy atom. The minimum atomic E-state index is -4.38. The van der Waals surface area contributed by atoms with Gasteiger partial charge < -0.3 is 9.64 Å². The normalized spacial score (nSPS) is 18.1. The van der Waals surface area contributed by atoms with E-state index in [0.29, 0.717) is 23.7 Å². The monoisotopic (exact) mass is 395 g/mol. The molecule has 0 spiro atoms. The molecule has 142 valence electrons. The standard InChI is InChI=1S/C20H17ClF3NO2/c21-17-4-2-1-3-14(17)7-10-19(26)25-11-12-27-18(13-25)15-5-8-16(9-6-15)20(22,23)24/h1-10,18H,11-13H2/b10-7+/t18-/m1/s1. The molecule has 0 N–H and O–H groups in total. The van der Waals surface area contributed by atoms with E-state index in [-0.39, 0.29) is 12.5 Å². The Morgan fingerprint density at radius 3 is 2.52 bits per heavy atom. The van der Waals surface area contributed by atoms with Crippen molar-refractivity contribution in [2.75, 3.05) is 19.7 Å². The number of carbonyl (C=O) groups excluding carboxylic acids is 1. The molecule has 0 aliphatic carbocycles. The van der Waals surface area contributed by atoms with Gasteiger partial charge in [0.1, 0.15) is 6.10 Å². The lowest BCUT2D eigenvalue weighted by Crippen LogP contribution is -2.41. The summed E-state index contributed by atoms with van der Waals surface area (Å²) < 4.78 is 43.7. The average molecular weight is 396 g/mol. The molecule has 7 heteroatoms. The second kappa shape index (κ2) is 8.15. The fourth-order valence-corrected chi connectivity index (χ4v) is 3.01. The second-order valence-electron chi connectivity index (χ2n) is 6.12. The van der Waals surface area contributed by atoms with Gasteiger partial charge in [0, 0.05) is 17.6 Å². The van der Waals surface area contributed by atoms with Crippen molar-refractivity contribution >= 4 is 23.6 Å². The van der Waals surface area contributed by atoms with E-state index >= 15 is 0 Å². The first kappa shape index (κ1) is 19.5. The molecule has 0 unspecified atom stereocenters. The van der Waals surface area contributed by atoms with E-state index in [4.69, 9.17) is 16.3 Å². The van der Waals surface area contributed by atoms with Gasteiger partial charge in [0.05, 0.1) is 18.7 Å². The third kappa shape index (κ3) is 4.90. The summed E-state index contributed by atoms with van der Waals surface area (Å²) in [5, 5.41) is 0.547. The number of hydrogen-bond acceptors (Lipinski definition) is 2. The Morgan fingerprint density at radius 2 is 1.85 bits per heavy atom. The number of hydrogen-bond donors (Lipinski definition) is 0. The maximum atomic E-state index is 12.7. The van der Waals surface area contributed by atoms with Gasteiger partial charge in [-0.2, -0.15) is 13.2 Å². The Kier molecular flexibility index (Phi) is 5.87. The molecule has 1 amide bonds. The molecule has 1 saturated heterocycles. The molecule has 0 bridgehead atoms. The highest BCUT2D eigenvalue weighted by atomic mass is 35.5. The number of benzene rings is 2. The van der Waals surface area contributed by atoms with Gasteiger partial charge in [-0.1, -0.05) is 41.9 Å². The minimum Gasteiger partial charge on any atom is -0.370 e. The van der Waals surface area contributed by atoms with E-state index in [2.05, 4.69) is 0 Å². The zero-order valence-corrected chi connectivity index (χ0v) is 15.0. The van der Waals surface area contributed by atoms with Crippen LogP contribution in [0.1, 0.15) is 22.8 Å². The van der Waals surface area contributed by atoms with Crippen LogP contribution in [0.2, 0.25) is 5.02 Å². The van der Waals surface area contributed by atoms with Crippen molar-refractivity contribution in [3.8, 4) is 0 Å². The van der Waals surface area contributed by atoms with Gasteiger partial charge in [-0.05, 0) is 35.4 Å². The van der Waals surface area contributed by atoms with Gasteiger partial charge in [0.2, 0.25) is 5.91 Å². The van der Waals surface area contributed by atoms with Crippen molar-refractivity contribution < 1.29 is 22.7 Å². The smallest absolute Gasteiger partial charge is 0.370 e. The van der Waals surface area contributed by atoms with Crippen LogP contribution in [-0.4, -0.2) is 30.5 Å². The first-order chi connectivity index (χ1) is 12.8. The van der Waals surface area contributed by atoms with E-state index in [1.54, 1.807) is 29.2 Å². The van der Waals surface area contributed by atoms with Crippen molar-refractivity contribution in [1.29, 1.82) is 0 Å². The first-order valence-electron chi connectivity index (χ1n) is 8.35. The highest BCUT2D eigenvalue weighted by molar-refractivity contribution is 6.32. The molecule has 1 heterocycles. The number of nitrogens with zero attached hydrogens (tertiary/aromatic N) is 1. The molecule has 1 aliphatic heterocycles. The summed E-state index contributed by atoms with van der Waals surface area (Å²) in [5.41, 5.74) is 0.633. The molecule has 3 nitrogen and oxygen atoms in total. The van der Waals surface area contributed by atoms with Crippen molar-refractivity contribution in [2.45, 2.75) is 12.3 Å². The second-order valence-corrected chi connectivity index (χ2v) is 6.53. The number of alkyl halides is 3. The number of morpholine rings is 1. The number of rotatable bonds is 3. The molecular weight excluding hydrogens is 379 g/mol. The SMILES string of the molecule is O=C(/C=C/c1ccccc1Cl)N1CCO[C@@H](c2ccc(C(F)(F)F)cc2)C1. The van der Waals surface area contributed by atoms with Crippen LogP contribution in [-0.2, 0) is 15.7 Å². The fourth-order valence-electron chi connectivity index (χ4n) is 2.81. The summed E-state index contributed by atoms with van der Waals surface area (Å²) in [5.74, 6) is -0.199. The van der Waals surface area contributed by atoms with Crippen LogP contribution in [0.25, 0.3) is 6.08 Å². The minimum absolute atomic E-state index is 0.199. The van der Waals surface area contributed by atoms with Crippen LogP contribution >= 0.6 is 11.6 Å². The summed E-state index contributed by atoms with van der Waals surface area (Å²) in [7, 11) is 0. The predicted octanol–water partition coefficient (Wildman–Crippen LogP) is 4.97. The molecule has 0 saturated carbocycles. The topological polar surface area (TPSA) is 29.5 Å². The molecule has 2 aromatic carbocycles. The number of halogens is 4. The molecule has 3 rings (SSSR count). The van der Waals surface area contributed by atoms with Gasteiger partial charge in [0.15, 0.2) is 0 Å². The summed E-state index contributed by atoms with van der Waals surface area (Å²) in [6, 6.07) is 12.0. The van der Waals surface area contributed by atoms with Crippen molar-refractivity contribution in [3.05, 3.63) is 76.3 Å². The van der Waals surface area contributed by atoms with Crippen LogP contribution in [0.15, 0.2) is 54.6 Å². The van der Waals surface area contributed by atoms with Gasteiger partial charge in [0.25, 0.3) is 0 Å². The van der Waals surface area contributed by atoms with E-state index < -0.39 is 17.8 Å². The van der Waals surface area contributed by atoms with Crippen LogP contribution < -0.4 is 0 Å². The average Bonchev–Trinajstić information content (AvgIpc) is 2.66. The Labute approximate surface area is 160 Å². The summed E-state index contributed by atoms with van der Waals surface area (Å²) >= 11 is 6.07. The zero-order valence-electron chi connectivity index (χ0n) is 14.2. The third-order valence-electron chi connectivity index (χ3n) is 4.30. The zero-order chi connectivity index (χ0) is 19.4. The molecular formula is C20H17ClF3NO2. The van der Waals surface area contributed by atoms with Gasteiger partial charge >= 0.3 is 6.18 Å². The van der Waals surface area contributed by atoms with E-state index in [9.17, 15) is 18.0 Å². The van der Waals surface area contributed by atoms with E-state index in [1.165, 1.54) is 18.2 Å². The summed E-state index contributed by atoms with van der Waals surface area (Å²) in [6.07, 6.45) is -1.75. The first-order valence-corrected chi connectivity index (χ1v) is 8.72. The van der Waals surface area contributed by atoms with Crippen LogP contribution in [0.3, 0.4) is 0 Å². The Balaban J connectivity index is 1.67. The lowest BCUT2D eigenvalue weighted by Gasteiger charge is -2.32. The molecule has 27 heavy (non-hydrogen) atoms. The van der Waals surface area contributed by atoms with Gasteiger partial charge in [-0.15, -0.1) is 0 Å². The molecule has 0 radical (unpaired) electrons. The van der Waals surface area contributed by atoms with Crippen LogP contribution in [0.5, 0.6) is 0 Å². The lowest BCUT2D eigenvalue weighted by molar-refractivity contribution is -0.137. The van der Waals surface area contributed by atoms with Gasteiger partial charge in [-0.25, -0.2) is 0 Å². The third-order valence-corrected chi connectivity index (χ3v) is 4.64. The number of amides is 1. The molecule has 1 atom stereocenters. The summed E-state index contributed by atoms with van der Waals surface area (Å²) in [6.45, 7) is 1.01. The van der Waals surface area contributed by atoms with Crippen LogP contribution in [0, 0.1) is 0 Å². The van der Waals surface area contributed by atoms with E-state index in [0.717, 1.165) is 17.7 Å². The molecule has 1 fully saturated rings. The molecule has 2 aromatic rings. The fraction of sp³-hybridized carbons (Fsp3) is 0.250. The highest BCUT2D eigenvalue weighted by Gasteiger charge is 2.31. The van der Waals surface area contributed by atoms with Crippen molar-refractivity contribution in [1.82, 2.24) is 4.90 Å². The van der Waals surface area contributed by atoms with Crippen molar-refractivity contribution in [2.24, 2.45) is 0 Å². The summed E-state index contributed by atoms with van der Waals surface area (Å²) in [4.78, 5) is 14.0. The Hall–Kier alpha value is -2.31. The predicted molar refractivity (Wildman–Crippen MR) is 97.2 cm³/mol. The van der Waals surface area contributed by atoms with Crippen molar-refractivity contribution in [3.63, 3.8) is 0 Å². The maximum Gasteiger partial charge on any atom is 0.416 e. The maximum absolute atomic E-state index is 12.7. The van der Waals surface area contributed by atoms with Crippen LogP contribution in [0.4, 0.5) is 13.2 Å². The quantitative estimate of drug-likeness (QED) is 0.686.